The molecule has 2 nitrogen and oxygen atoms in total. The Morgan fingerprint density at radius 2 is 1.37 bits per heavy atom. The average molecular weight is 367 g/mol. The molecule has 1 unspecified atom stereocenters. The maximum Gasteiger partial charge on any atom is 0.0419 e. The molecular weight excluding hydrogens is 328 g/mol. The molecule has 148 valence electrons. The van der Waals surface area contributed by atoms with Gasteiger partial charge in [0.05, 0.1) is 0 Å². The van der Waals surface area contributed by atoms with Crippen LogP contribution in [-0.4, -0.2) is 6.04 Å². The number of para-hydroxylation sites is 1. The van der Waals surface area contributed by atoms with Crippen LogP contribution in [-0.2, 0) is 0 Å². The number of hydrogen-bond donors (Lipinski definition) is 2. The monoisotopic (exact) mass is 366 g/mol. The Hall–Kier alpha value is -1.96. The van der Waals surface area contributed by atoms with Crippen molar-refractivity contribution in [3.8, 4) is 0 Å². The molecule has 0 aromatic heterocycles. The van der Waals surface area contributed by atoms with E-state index in [1.54, 1.807) is 0 Å². The van der Waals surface area contributed by atoms with Crippen molar-refractivity contribution in [1.29, 1.82) is 0 Å². The van der Waals surface area contributed by atoms with Crippen molar-refractivity contribution in [2.45, 2.75) is 84.6 Å². The first-order chi connectivity index (χ1) is 13.1. The van der Waals surface area contributed by atoms with E-state index in [0.29, 0.717) is 12.0 Å². The van der Waals surface area contributed by atoms with E-state index in [1.165, 1.54) is 61.9 Å². The molecule has 2 heteroatoms. The molecule has 0 bridgehead atoms. The highest BCUT2D eigenvalue weighted by atomic mass is 14.9. The van der Waals surface area contributed by atoms with Gasteiger partial charge in [-0.15, -0.1) is 0 Å². The van der Waals surface area contributed by atoms with Crippen LogP contribution < -0.4 is 10.6 Å². The lowest BCUT2D eigenvalue weighted by Crippen LogP contribution is -2.09. The maximum atomic E-state index is 3.62. The van der Waals surface area contributed by atoms with E-state index >= 15 is 0 Å². The molecule has 0 aliphatic heterocycles. The predicted molar refractivity (Wildman–Crippen MR) is 121 cm³/mol. The lowest BCUT2D eigenvalue weighted by Gasteiger charge is -2.18. The van der Waals surface area contributed by atoms with Crippen molar-refractivity contribution < 1.29 is 0 Å². The zero-order valence-electron chi connectivity index (χ0n) is 17.7. The van der Waals surface area contributed by atoms with E-state index in [9.17, 15) is 0 Å². The topological polar surface area (TPSA) is 24.1 Å². The van der Waals surface area contributed by atoms with Gasteiger partial charge in [0.2, 0.25) is 0 Å². The summed E-state index contributed by atoms with van der Waals surface area (Å²) in [5, 5.41) is 7.06. The first kappa shape index (κ1) is 21.3. The summed E-state index contributed by atoms with van der Waals surface area (Å²) in [7, 11) is 0. The minimum Gasteiger partial charge on any atom is -0.383 e. The van der Waals surface area contributed by atoms with Gasteiger partial charge < -0.3 is 10.6 Å². The van der Waals surface area contributed by atoms with E-state index in [1.807, 2.05) is 0 Å². The standard InChI is InChI=1S/C25H38N2/c1-5-6-7-8-9-10-13-21(4)24-14-11-12-15-25(24)27-23-18-16-22(17-19-23)26-20(2)3/h11-12,14-21,26-27H,5-10,13H2,1-4H3. The second-order valence-electron chi connectivity index (χ2n) is 8.05. The minimum atomic E-state index is 0.451. The van der Waals surface area contributed by atoms with Gasteiger partial charge in [-0.3, -0.25) is 0 Å². The summed E-state index contributed by atoms with van der Waals surface area (Å²) in [4.78, 5) is 0. The van der Waals surface area contributed by atoms with Gasteiger partial charge in [0, 0.05) is 23.1 Å². The molecule has 0 fully saturated rings. The highest BCUT2D eigenvalue weighted by molar-refractivity contribution is 5.65. The fraction of sp³-hybridized carbons (Fsp3) is 0.520. The van der Waals surface area contributed by atoms with Crippen molar-refractivity contribution >= 4 is 17.1 Å². The van der Waals surface area contributed by atoms with Crippen molar-refractivity contribution in [3.63, 3.8) is 0 Å². The third-order valence-corrected chi connectivity index (χ3v) is 5.10. The first-order valence-corrected chi connectivity index (χ1v) is 10.8. The number of nitrogens with one attached hydrogen (secondary N) is 2. The Morgan fingerprint density at radius 1 is 0.741 bits per heavy atom. The number of benzene rings is 2. The lowest BCUT2D eigenvalue weighted by atomic mass is 9.93. The molecule has 0 saturated carbocycles. The number of unbranched alkanes of at least 4 members (excludes halogenated alkanes) is 5. The highest BCUT2D eigenvalue weighted by Crippen LogP contribution is 2.31. The van der Waals surface area contributed by atoms with Gasteiger partial charge in [-0.2, -0.15) is 0 Å². The quantitative estimate of drug-likeness (QED) is 0.371. The zero-order valence-corrected chi connectivity index (χ0v) is 17.7. The first-order valence-electron chi connectivity index (χ1n) is 10.8. The van der Waals surface area contributed by atoms with Crippen LogP contribution in [0.25, 0.3) is 0 Å². The molecule has 0 saturated heterocycles. The zero-order chi connectivity index (χ0) is 19.5. The Bertz CT molecular complexity index is 646. The van der Waals surface area contributed by atoms with Crippen LogP contribution in [0.1, 0.15) is 84.1 Å². The highest BCUT2D eigenvalue weighted by Gasteiger charge is 2.10. The molecule has 2 N–H and O–H groups in total. The molecule has 0 heterocycles. The molecule has 2 aromatic rings. The molecule has 0 spiro atoms. The summed E-state index contributed by atoms with van der Waals surface area (Å²) in [6.07, 6.45) is 9.45. The van der Waals surface area contributed by atoms with Gasteiger partial charge in [0.1, 0.15) is 0 Å². The molecule has 0 radical (unpaired) electrons. The summed E-state index contributed by atoms with van der Waals surface area (Å²) in [6, 6.07) is 17.8. The SMILES string of the molecule is CCCCCCCCC(C)c1ccccc1Nc1ccc(NC(C)C)cc1. The van der Waals surface area contributed by atoms with E-state index in [4.69, 9.17) is 0 Å². The Kier molecular flexibility index (Phi) is 9.24. The van der Waals surface area contributed by atoms with Gasteiger partial charge in [-0.25, -0.2) is 0 Å². The third-order valence-electron chi connectivity index (χ3n) is 5.10. The van der Waals surface area contributed by atoms with E-state index in [-0.39, 0.29) is 0 Å². The van der Waals surface area contributed by atoms with Gasteiger partial charge in [0.25, 0.3) is 0 Å². The Balaban J connectivity index is 1.92. The average Bonchev–Trinajstić information content (AvgIpc) is 2.66. The smallest absolute Gasteiger partial charge is 0.0419 e. The molecule has 0 amide bonds. The van der Waals surface area contributed by atoms with Crippen LogP contribution in [0.4, 0.5) is 17.1 Å². The fourth-order valence-electron chi connectivity index (χ4n) is 3.57. The van der Waals surface area contributed by atoms with Crippen molar-refractivity contribution in [2.24, 2.45) is 0 Å². The molecule has 2 rings (SSSR count). The fourth-order valence-corrected chi connectivity index (χ4v) is 3.57. The van der Waals surface area contributed by atoms with Crippen LogP contribution in [0, 0.1) is 0 Å². The molecule has 0 aliphatic carbocycles. The van der Waals surface area contributed by atoms with Gasteiger partial charge in [-0.1, -0.05) is 70.6 Å². The Labute approximate surface area is 166 Å². The lowest BCUT2D eigenvalue weighted by molar-refractivity contribution is 0.557. The van der Waals surface area contributed by atoms with E-state index < -0.39 is 0 Å². The van der Waals surface area contributed by atoms with Crippen LogP contribution in [0.15, 0.2) is 48.5 Å². The summed E-state index contributed by atoms with van der Waals surface area (Å²) in [5.41, 5.74) is 4.97. The van der Waals surface area contributed by atoms with Crippen molar-refractivity contribution in [1.82, 2.24) is 0 Å². The van der Waals surface area contributed by atoms with Crippen LogP contribution in [0.2, 0.25) is 0 Å². The van der Waals surface area contributed by atoms with Gasteiger partial charge in [-0.05, 0) is 62.1 Å². The number of anilines is 3. The van der Waals surface area contributed by atoms with Crippen molar-refractivity contribution in [3.05, 3.63) is 54.1 Å². The number of hydrogen-bond acceptors (Lipinski definition) is 2. The molecule has 0 aliphatic rings. The van der Waals surface area contributed by atoms with Crippen LogP contribution >= 0.6 is 0 Å². The van der Waals surface area contributed by atoms with Crippen LogP contribution in [0.3, 0.4) is 0 Å². The van der Waals surface area contributed by atoms with E-state index in [0.717, 1.165) is 5.69 Å². The normalized spacial score (nSPS) is 12.2. The van der Waals surface area contributed by atoms with E-state index in [2.05, 4.69) is 86.9 Å². The predicted octanol–water partition coefficient (Wildman–Crippen LogP) is 8.10. The van der Waals surface area contributed by atoms with Crippen LogP contribution in [0.5, 0.6) is 0 Å². The third kappa shape index (κ3) is 7.66. The van der Waals surface area contributed by atoms with Gasteiger partial charge in [0.15, 0.2) is 0 Å². The second kappa shape index (κ2) is 11.7. The molecule has 1 atom stereocenters. The largest absolute Gasteiger partial charge is 0.383 e. The summed E-state index contributed by atoms with van der Waals surface area (Å²) < 4.78 is 0. The second-order valence-corrected chi connectivity index (χ2v) is 8.05. The minimum absolute atomic E-state index is 0.451. The number of rotatable bonds is 12. The molecule has 27 heavy (non-hydrogen) atoms. The van der Waals surface area contributed by atoms with Gasteiger partial charge >= 0.3 is 0 Å². The molecular formula is C25H38N2. The summed E-state index contributed by atoms with van der Waals surface area (Å²) in [6.45, 7) is 8.96. The summed E-state index contributed by atoms with van der Waals surface area (Å²) in [5.74, 6) is 0.585. The maximum absolute atomic E-state index is 3.62. The Morgan fingerprint density at radius 3 is 2.07 bits per heavy atom. The summed E-state index contributed by atoms with van der Waals surface area (Å²) >= 11 is 0. The molecule has 2 aromatic carbocycles. The van der Waals surface area contributed by atoms with Crippen molar-refractivity contribution in [2.75, 3.05) is 10.6 Å².